The van der Waals surface area contributed by atoms with Gasteiger partial charge in [-0.25, -0.2) is 9.36 Å². The maximum Gasteiger partial charge on any atom is 0.333 e. The number of fused-ring (bicyclic) bond motifs is 1. The van der Waals surface area contributed by atoms with Gasteiger partial charge in [-0.15, -0.1) is 11.3 Å². The maximum atomic E-state index is 15.1. The maximum absolute atomic E-state index is 15.1. The molecule has 0 amide bonds. The Hall–Kier alpha value is -3.61. The number of thiophene rings is 1. The van der Waals surface area contributed by atoms with Crippen molar-refractivity contribution in [3.8, 4) is 0 Å². The molecule has 1 atom stereocenters. The van der Waals surface area contributed by atoms with Crippen LogP contribution in [0.2, 0.25) is 5.04 Å². The van der Waals surface area contributed by atoms with Crippen LogP contribution >= 0.6 is 27.3 Å². The van der Waals surface area contributed by atoms with E-state index in [1.165, 1.54) is 11.3 Å². The minimum atomic E-state index is -3.38. The van der Waals surface area contributed by atoms with Crippen molar-refractivity contribution in [1.82, 2.24) is 9.13 Å². The van der Waals surface area contributed by atoms with Crippen LogP contribution in [0.15, 0.2) is 98.3 Å². The lowest BCUT2D eigenvalue weighted by atomic mass is 9.99. The molecule has 0 spiro atoms. The second-order valence-electron chi connectivity index (χ2n) is 15.8. The zero-order valence-electron chi connectivity index (χ0n) is 32.3. The van der Waals surface area contributed by atoms with Crippen LogP contribution in [0.4, 0.5) is 0 Å². The van der Waals surface area contributed by atoms with E-state index in [0.717, 1.165) is 49.1 Å². The Morgan fingerprint density at radius 1 is 0.926 bits per heavy atom. The van der Waals surface area contributed by atoms with Gasteiger partial charge in [0.05, 0.1) is 22.3 Å². The summed E-state index contributed by atoms with van der Waals surface area (Å²) in [6.07, 6.45) is 2.14. The SMILES string of the molecule is CCc1ccccc1[C@H](Cn1c(=O)n(C(C)(C)C(=O)O[Si](c2ccccc2)(c2ccccc2)C(C)(C)C)c(=O)c2c(C)c(Br)sc21)OCC1CCOCC1. The van der Waals surface area contributed by atoms with Crippen LogP contribution in [0.1, 0.15) is 77.2 Å². The van der Waals surface area contributed by atoms with Crippen molar-refractivity contribution in [1.29, 1.82) is 0 Å². The summed E-state index contributed by atoms with van der Waals surface area (Å²) in [6, 6.07) is 27.9. The number of carbonyl (C=O) groups excluding carboxylic acids is 1. The van der Waals surface area contributed by atoms with E-state index >= 15 is 4.79 Å². The predicted molar refractivity (Wildman–Crippen MR) is 224 cm³/mol. The van der Waals surface area contributed by atoms with Crippen LogP contribution in [0.3, 0.4) is 0 Å². The van der Waals surface area contributed by atoms with Gasteiger partial charge in [0.2, 0.25) is 0 Å². The third-order valence-electron chi connectivity index (χ3n) is 10.9. The molecule has 0 bridgehead atoms. The molecule has 11 heteroatoms. The zero-order chi connectivity index (χ0) is 38.8. The number of nitrogens with zero attached hydrogens (tertiary/aromatic N) is 2. The van der Waals surface area contributed by atoms with Crippen molar-refractivity contribution in [2.45, 2.75) is 91.0 Å². The van der Waals surface area contributed by atoms with Gasteiger partial charge in [0.15, 0.2) is 0 Å². The normalized spacial score (nSPS) is 15.0. The molecule has 0 N–H and O–H groups in total. The molecule has 1 saturated heterocycles. The van der Waals surface area contributed by atoms with Gasteiger partial charge in [0, 0.05) is 13.2 Å². The summed E-state index contributed by atoms with van der Waals surface area (Å²) < 4.78 is 22.8. The summed E-state index contributed by atoms with van der Waals surface area (Å²) in [6.45, 7) is 15.6. The molecule has 3 heterocycles. The third-order valence-corrected chi connectivity index (χ3v) is 18.0. The third kappa shape index (κ3) is 7.50. The summed E-state index contributed by atoms with van der Waals surface area (Å²) in [7, 11) is -3.38. The summed E-state index contributed by atoms with van der Waals surface area (Å²) in [4.78, 5) is 45.2. The van der Waals surface area contributed by atoms with Crippen molar-refractivity contribution < 1.29 is 18.7 Å². The largest absolute Gasteiger partial charge is 0.508 e. The molecule has 1 fully saturated rings. The highest BCUT2D eigenvalue weighted by Gasteiger charge is 2.55. The Labute approximate surface area is 331 Å². The number of aromatic nitrogens is 2. The minimum absolute atomic E-state index is 0.155. The van der Waals surface area contributed by atoms with Gasteiger partial charge in [-0.1, -0.05) is 113 Å². The molecule has 6 rings (SSSR count). The Bertz CT molecular complexity index is 2180. The molecule has 3 aromatic carbocycles. The molecule has 286 valence electrons. The molecule has 0 radical (unpaired) electrons. The lowest BCUT2D eigenvalue weighted by Gasteiger charge is -2.43. The minimum Gasteiger partial charge on any atom is -0.508 e. The average Bonchev–Trinajstić information content (AvgIpc) is 3.47. The second-order valence-corrected chi connectivity index (χ2v) is 22.3. The summed E-state index contributed by atoms with van der Waals surface area (Å²) >= 11 is 5.01. The van der Waals surface area contributed by atoms with Crippen LogP contribution in [0.5, 0.6) is 0 Å². The first-order valence-corrected chi connectivity index (χ1v) is 22.3. The van der Waals surface area contributed by atoms with Gasteiger partial charge >= 0.3 is 20.0 Å². The number of carbonyl (C=O) groups is 1. The molecule has 1 aliphatic rings. The summed E-state index contributed by atoms with van der Waals surface area (Å²) in [5.74, 6) is -0.300. The van der Waals surface area contributed by atoms with Crippen molar-refractivity contribution in [3.63, 3.8) is 0 Å². The van der Waals surface area contributed by atoms with E-state index in [4.69, 9.17) is 13.9 Å². The fourth-order valence-corrected chi connectivity index (χ4v) is 13.9. The van der Waals surface area contributed by atoms with Gasteiger partial charge in [0.1, 0.15) is 16.5 Å². The van der Waals surface area contributed by atoms with E-state index < -0.39 is 42.2 Å². The van der Waals surface area contributed by atoms with Gasteiger partial charge in [-0.2, -0.15) is 0 Å². The van der Waals surface area contributed by atoms with Crippen LogP contribution in [0.25, 0.3) is 10.2 Å². The Balaban J connectivity index is 1.51. The van der Waals surface area contributed by atoms with Crippen LogP contribution in [0, 0.1) is 12.8 Å². The molecule has 0 unspecified atom stereocenters. The highest BCUT2D eigenvalue weighted by atomic mass is 79.9. The number of rotatable bonds is 12. The summed E-state index contributed by atoms with van der Waals surface area (Å²) in [5.41, 5.74) is 0.0559. The second kappa shape index (κ2) is 16.2. The number of aryl methyl sites for hydroxylation is 2. The van der Waals surface area contributed by atoms with Gasteiger partial charge in [0.25, 0.3) is 5.56 Å². The van der Waals surface area contributed by atoms with Crippen LogP contribution in [-0.2, 0) is 37.2 Å². The van der Waals surface area contributed by atoms with E-state index in [9.17, 15) is 9.59 Å². The zero-order valence-corrected chi connectivity index (χ0v) is 35.7. The number of benzene rings is 3. The van der Waals surface area contributed by atoms with Gasteiger partial charge < -0.3 is 13.9 Å². The molecule has 54 heavy (non-hydrogen) atoms. The highest BCUT2D eigenvalue weighted by molar-refractivity contribution is 9.11. The van der Waals surface area contributed by atoms with E-state index in [2.05, 4.69) is 55.8 Å². The average molecular weight is 832 g/mol. The first-order valence-electron chi connectivity index (χ1n) is 18.8. The molecule has 8 nitrogen and oxygen atoms in total. The topological polar surface area (TPSA) is 88.8 Å². The Morgan fingerprint density at radius 2 is 1.50 bits per heavy atom. The number of ether oxygens (including phenoxy) is 2. The van der Waals surface area contributed by atoms with E-state index in [1.807, 2.05) is 79.7 Å². The van der Waals surface area contributed by atoms with Crippen molar-refractivity contribution >= 4 is 62.1 Å². The van der Waals surface area contributed by atoms with Crippen molar-refractivity contribution in [2.75, 3.05) is 19.8 Å². The molecule has 0 aliphatic carbocycles. The summed E-state index contributed by atoms with van der Waals surface area (Å²) in [5, 5.41) is 1.73. The standard InChI is InChI=1S/C43H51BrN2O6SSi/c1-8-31-17-15-16-22-34(31)35(51-28-30-23-25-50-26-24-30)27-45-39-36(29(2)37(44)53-39)38(47)46(41(45)49)43(6,7)40(48)52-54(42(3,4)5,32-18-11-9-12-19-32)33-20-13-10-14-21-33/h9-22,30,35H,8,23-28H2,1-7H3/t35-/m0/s1. The first-order chi connectivity index (χ1) is 25.7. The predicted octanol–water partition coefficient (Wildman–Crippen LogP) is 7.88. The number of hydrogen-bond acceptors (Lipinski definition) is 7. The fourth-order valence-electron chi connectivity index (χ4n) is 7.72. The van der Waals surface area contributed by atoms with E-state index in [0.29, 0.717) is 41.5 Å². The Kier molecular flexibility index (Phi) is 12.0. The van der Waals surface area contributed by atoms with Crippen LogP contribution < -0.4 is 21.6 Å². The van der Waals surface area contributed by atoms with Gasteiger partial charge in [-0.3, -0.25) is 14.2 Å². The lowest BCUT2D eigenvalue weighted by molar-refractivity contribution is -0.144. The van der Waals surface area contributed by atoms with Crippen molar-refractivity contribution in [2.24, 2.45) is 5.92 Å². The fraction of sp³-hybridized carbons (Fsp3) is 0.419. The highest BCUT2D eigenvalue weighted by Crippen LogP contribution is 2.39. The first kappa shape index (κ1) is 40.1. The smallest absolute Gasteiger partial charge is 0.333 e. The molecule has 5 aromatic rings. The number of hydrogen-bond donors (Lipinski definition) is 0. The Morgan fingerprint density at radius 3 is 2.07 bits per heavy atom. The molecule has 0 saturated carbocycles. The number of halogens is 1. The van der Waals surface area contributed by atoms with E-state index in [1.54, 1.807) is 18.4 Å². The molecule has 2 aromatic heterocycles. The molecular formula is C43H51BrN2O6SSi. The van der Waals surface area contributed by atoms with Gasteiger partial charge in [-0.05, 0) is 94.0 Å². The van der Waals surface area contributed by atoms with E-state index in [-0.39, 0.29) is 6.54 Å². The molecule has 1 aliphatic heterocycles. The monoisotopic (exact) mass is 830 g/mol. The van der Waals surface area contributed by atoms with Crippen LogP contribution in [-0.4, -0.2) is 43.2 Å². The quantitative estimate of drug-likeness (QED) is 0.119. The lowest BCUT2D eigenvalue weighted by Crippen LogP contribution is -2.69. The van der Waals surface area contributed by atoms with Crippen molar-refractivity contribution in [3.05, 3.63) is 126 Å². The molecular weight excluding hydrogens is 781 g/mol.